The lowest BCUT2D eigenvalue weighted by Crippen LogP contribution is -1.99. The Morgan fingerprint density at radius 2 is 1.85 bits per heavy atom. The highest BCUT2D eigenvalue weighted by Gasteiger charge is 2.10. The fourth-order valence-electron chi connectivity index (χ4n) is 3.22. The summed E-state index contributed by atoms with van der Waals surface area (Å²) in [5, 5.41) is 11.7. The lowest BCUT2D eigenvalue weighted by Gasteiger charge is -2.11. The number of H-pyrrole nitrogens is 1. The van der Waals surface area contributed by atoms with E-state index in [1.54, 1.807) is 18.0 Å². The second-order valence-corrected chi connectivity index (χ2v) is 7.44. The molecule has 1 N–H and O–H groups in total. The van der Waals surface area contributed by atoms with E-state index < -0.39 is 0 Å². The number of aromatic nitrogens is 3. The predicted octanol–water partition coefficient (Wildman–Crippen LogP) is 5.48. The molecule has 0 saturated carbocycles. The first kappa shape index (κ1) is 22.3. The van der Waals surface area contributed by atoms with E-state index in [4.69, 9.17) is 26.4 Å². The first-order chi connectivity index (χ1) is 16.2. The van der Waals surface area contributed by atoms with Gasteiger partial charge in [0.2, 0.25) is 4.77 Å². The van der Waals surface area contributed by atoms with Crippen LogP contribution in [0.1, 0.15) is 18.1 Å². The van der Waals surface area contributed by atoms with E-state index in [2.05, 4.69) is 15.3 Å². The second-order valence-electron chi connectivity index (χ2n) is 7.05. The highest BCUT2D eigenvalue weighted by molar-refractivity contribution is 7.71. The van der Waals surface area contributed by atoms with Gasteiger partial charge in [0.25, 0.3) is 0 Å². The van der Waals surface area contributed by atoms with Crippen LogP contribution in [-0.2, 0) is 6.61 Å². The maximum Gasteiger partial charge on any atom is 0.216 e. The number of ether oxygens (including phenoxy) is 3. The van der Waals surface area contributed by atoms with Crippen LogP contribution in [0.4, 0.5) is 0 Å². The minimum absolute atomic E-state index is 0.387. The van der Waals surface area contributed by atoms with Crippen LogP contribution in [0.5, 0.6) is 17.2 Å². The minimum atomic E-state index is 0.387. The molecule has 0 fully saturated rings. The van der Waals surface area contributed by atoms with Gasteiger partial charge in [0, 0.05) is 5.56 Å². The fourth-order valence-corrected chi connectivity index (χ4v) is 3.40. The standard InChI is InChI=1S/C25H24N4O3S/c1-3-31-21-11-7-10-20(15-21)24-27-28-25(33)29(24)26-16-19-12-13-22(23(14-19)30-2)32-17-18-8-5-4-6-9-18/h4-16H,3,17H2,1-2H3,(H,28,33)/b26-16+. The lowest BCUT2D eigenvalue weighted by atomic mass is 10.2. The smallest absolute Gasteiger partial charge is 0.216 e. The van der Waals surface area contributed by atoms with E-state index in [1.165, 1.54) is 0 Å². The summed E-state index contributed by atoms with van der Waals surface area (Å²) >= 11 is 5.38. The van der Waals surface area contributed by atoms with E-state index in [1.807, 2.05) is 79.7 Å². The van der Waals surface area contributed by atoms with Crippen LogP contribution in [0.15, 0.2) is 77.9 Å². The molecule has 0 aliphatic heterocycles. The first-order valence-corrected chi connectivity index (χ1v) is 10.9. The van der Waals surface area contributed by atoms with Crippen molar-refractivity contribution < 1.29 is 14.2 Å². The molecule has 0 aliphatic rings. The molecule has 0 saturated heterocycles. The zero-order chi connectivity index (χ0) is 23.0. The van der Waals surface area contributed by atoms with E-state index >= 15 is 0 Å². The predicted molar refractivity (Wildman–Crippen MR) is 131 cm³/mol. The summed E-state index contributed by atoms with van der Waals surface area (Å²) in [5.41, 5.74) is 2.75. The molecule has 0 atom stereocenters. The molecule has 0 unspecified atom stereocenters. The van der Waals surface area contributed by atoms with Crippen molar-refractivity contribution in [1.82, 2.24) is 14.9 Å². The molecule has 4 aromatic rings. The summed E-state index contributed by atoms with van der Waals surface area (Å²) in [6.45, 7) is 2.99. The Hall–Kier alpha value is -3.91. The molecule has 1 aromatic heterocycles. The molecule has 4 rings (SSSR count). The molecule has 3 aromatic carbocycles. The number of benzene rings is 3. The molecule has 0 radical (unpaired) electrons. The zero-order valence-electron chi connectivity index (χ0n) is 18.4. The van der Waals surface area contributed by atoms with Crippen molar-refractivity contribution in [2.75, 3.05) is 13.7 Å². The Balaban J connectivity index is 1.55. The van der Waals surface area contributed by atoms with Crippen LogP contribution < -0.4 is 14.2 Å². The number of rotatable bonds is 9. The number of hydrogen-bond acceptors (Lipinski definition) is 6. The summed E-state index contributed by atoms with van der Waals surface area (Å²) in [5.74, 6) is 2.63. The third kappa shape index (κ3) is 5.48. The molecule has 0 bridgehead atoms. The summed E-state index contributed by atoms with van der Waals surface area (Å²) in [4.78, 5) is 0. The third-order valence-electron chi connectivity index (χ3n) is 4.80. The second kappa shape index (κ2) is 10.6. The largest absolute Gasteiger partial charge is 0.494 e. The summed E-state index contributed by atoms with van der Waals surface area (Å²) in [6.07, 6.45) is 1.70. The van der Waals surface area contributed by atoms with Gasteiger partial charge in [-0.15, -0.1) is 0 Å². The van der Waals surface area contributed by atoms with Gasteiger partial charge >= 0.3 is 0 Å². The zero-order valence-corrected chi connectivity index (χ0v) is 19.2. The first-order valence-electron chi connectivity index (χ1n) is 10.5. The number of aromatic amines is 1. The summed E-state index contributed by atoms with van der Waals surface area (Å²) in [7, 11) is 1.61. The van der Waals surface area contributed by atoms with Crippen molar-refractivity contribution in [2.24, 2.45) is 5.10 Å². The topological polar surface area (TPSA) is 73.7 Å². The van der Waals surface area contributed by atoms with Crippen LogP contribution in [-0.4, -0.2) is 34.8 Å². The maximum absolute atomic E-state index is 5.93. The Morgan fingerprint density at radius 3 is 2.64 bits per heavy atom. The number of methoxy groups -OCH3 is 1. The molecule has 8 heteroatoms. The van der Waals surface area contributed by atoms with Crippen molar-refractivity contribution in [3.8, 4) is 28.6 Å². The minimum Gasteiger partial charge on any atom is -0.494 e. The maximum atomic E-state index is 5.93. The lowest BCUT2D eigenvalue weighted by molar-refractivity contribution is 0.284. The van der Waals surface area contributed by atoms with E-state index in [-0.39, 0.29) is 0 Å². The number of nitrogens with one attached hydrogen (secondary N) is 1. The van der Waals surface area contributed by atoms with Crippen molar-refractivity contribution in [3.63, 3.8) is 0 Å². The van der Waals surface area contributed by atoms with Gasteiger partial charge in [-0.25, -0.2) is 5.10 Å². The molecule has 1 heterocycles. The van der Waals surface area contributed by atoms with E-state index in [9.17, 15) is 0 Å². The van der Waals surface area contributed by atoms with Gasteiger partial charge in [0.05, 0.1) is 19.9 Å². The van der Waals surface area contributed by atoms with Crippen LogP contribution in [0.3, 0.4) is 0 Å². The number of hydrogen-bond donors (Lipinski definition) is 1. The summed E-state index contributed by atoms with van der Waals surface area (Å²) < 4.78 is 19.0. The average molecular weight is 461 g/mol. The van der Waals surface area contributed by atoms with Crippen LogP contribution >= 0.6 is 12.2 Å². The molecule has 7 nitrogen and oxygen atoms in total. The Bertz CT molecular complexity index is 1300. The molecular formula is C25H24N4O3S. The normalized spacial score (nSPS) is 11.0. The van der Waals surface area contributed by atoms with Crippen molar-refractivity contribution in [3.05, 3.63) is 88.7 Å². The fraction of sp³-hybridized carbons (Fsp3) is 0.160. The molecule has 33 heavy (non-hydrogen) atoms. The highest BCUT2D eigenvalue weighted by atomic mass is 32.1. The van der Waals surface area contributed by atoms with Gasteiger partial charge in [0.15, 0.2) is 17.3 Å². The van der Waals surface area contributed by atoms with Crippen LogP contribution in [0.25, 0.3) is 11.4 Å². The Labute approximate surface area is 197 Å². The monoisotopic (exact) mass is 460 g/mol. The van der Waals surface area contributed by atoms with Crippen LogP contribution in [0.2, 0.25) is 0 Å². The van der Waals surface area contributed by atoms with Crippen molar-refractivity contribution in [1.29, 1.82) is 0 Å². The molecule has 168 valence electrons. The number of nitrogens with zero attached hydrogens (tertiary/aromatic N) is 3. The van der Waals surface area contributed by atoms with Gasteiger partial charge in [-0.3, -0.25) is 0 Å². The van der Waals surface area contributed by atoms with Gasteiger partial charge in [0.1, 0.15) is 12.4 Å². The Morgan fingerprint density at radius 1 is 1.00 bits per heavy atom. The molecule has 0 spiro atoms. The molecule has 0 aliphatic carbocycles. The van der Waals surface area contributed by atoms with Gasteiger partial charge in [-0.1, -0.05) is 42.5 Å². The Kier molecular flexibility index (Phi) is 7.16. The van der Waals surface area contributed by atoms with E-state index in [0.29, 0.717) is 35.3 Å². The van der Waals surface area contributed by atoms with Crippen molar-refractivity contribution >= 4 is 18.4 Å². The molecule has 0 amide bonds. The average Bonchev–Trinajstić information content (AvgIpc) is 3.23. The van der Waals surface area contributed by atoms with Gasteiger partial charge in [-0.05, 0) is 60.6 Å². The SMILES string of the molecule is CCOc1cccc(-c2n[nH]c(=S)n2/N=C/c2ccc(OCc3ccccc3)c(OC)c2)c1. The highest BCUT2D eigenvalue weighted by Crippen LogP contribution is 2.28. The quantitative estimate of drug-likeness (QED) is 0.265. The van der Waals surface area contributed by atoms with Gasteiger partial charge < -0.3 is 14.2 Å². The van der Waals surface area contributed by atoms with E-state index in [0.717, 1.165) is 22.4 Å². The van der Waals surface area contributed by atoms with Crippen molar-refractivity contribution in [2.45, 2.75) is 13.5 Å². The summed E-state index contributed by atoms with van der Waals surface area (Å²) in [6, 6.07) is 23.3. The third-order valence-corrected chi connectivity index (χ3v) is 5.07. The molecular weight excluding hydrogens is 436 g/mol. The van der Waals surface area contributed by atoms with Crippen LogP contribution in [0, 0.1) is 4.77 Å². The van der Waals surface area contributed by atoms with Gasteiger partial charge in [-0.2, -0.15) is 14.9 Å².